The van der Waals surface area contributed by atoms with Gasteiger partial charge >= 0.3 is 6.01 Å². The number of ether oxygens (including phenoxy) is 1. The number of benzene rings is 2. The highest BCUT2D eigenvalue weighted by molar-refractivity contribution is 6.34. The van der Waals surface area contributed by atoms with Crippen LogP contribution in [-0.2, 0) is 0 Å². The van der Waals surface area contributed by atoms with Crippen molar-refractivity contribution in [1.29, 1.82) is 0 Å². The van der Waals surface area contributed by atoms with Crippen LogP contribution in [0.5, 0.6) is 6.01 Å². The average Bonchev–Trinajstić information content (AvgIpc) is 3.32. The molecule has 198 valence electrons. The van der Waals surface area contributed by atoms with E-state index in [2.05, 4.69) is 39.1 Å². The van der Waals surface area contributed by atoms with Crippen molar-refractivity contribution < 1.29 is 9.13 Å². The molecule has 38 heavy (non-hydrogen) atoms. The van der Waals surface area contributed by atoms with Crippen LogP contribution in [0.15, 0.2) is 36.4 Å². The predicted molar refractivity (Wildman–Crippen MR) is 150 cm³/mol. The molecule has 2 aromatic carbocycles. The minimum Gasteiger partial charge on any atom is -0.462 e. The SMILES string of the molecule is CC1CNCCN1c1nc(OCC2CCCN2C)nc2c(F)c(-c3nc(N)cc4ccccc34)c(Cl)cc12. The van der Waals surface area contributed by atoms with Crippen LogP contribution in [-0.4, -0.2) is 71.8 Å². The Morgan fingerprint density at radius 2 is 2.00 bits per heavy atom. The minimum atomic E-state index is -0.565. The van der Waals surface area contributed by atoms with Gasteiger partial charge in [-0.3, -0.25) is 0 Å². The van der Waals surface area contributed by atoms with Gasteiger partial charge in [0.15, 0.2) is 5.82 Å². The molecule has 3 N–H and O–H groups in total. The number of likely N-dealkylation sites (N-methyl/N-ethyl adjacent to an activating group) is 1. The second kappa shape index (κ2) is 10.1. The largest absolute Gasteiger partial charge is 0.462 e. The zero-order valence-electron chi connectivity index (χ0n) is 21.5. The van der Waals surface area contributed by atoms with E-state index < -0.39 is 5.82 Å². The number of aromatic nitrogens is 3. The van der Waals surface area contributed by atoms with E-state index in [4.69, 9.17) is 27.1 Å². The van der Waals surface area contributed by atoms with Crippen molar-refractivity contribution in [2.24, 2.45) is 0 Å². The van der Waals surface area contributed by atoms with Crippen molar-refractivity contribution in [2.75, 3.05) is 50.5 Å². The quantitative estimate of drug-likeness (QED) is 0.386. The molecule has 2 aliphatic rings. The summed E-state index contributed by atoms with van der Waals surface area (Å²) < 4.78 is 22.7. The lowest BCUT2D eigenvalue weighted by atomic mass is 10.0. The zero-order chi connectivity index (χ0) is 26.4. The van der Waals surface area contributed by atoms with Gasteiger partial charge in [0.1, 0.15) is 23.8 Å². The van der Waals surface area contributed by atoms with Crippen LogP contribution < -0.4 is 20.7 Å². The Kier molecular flexibility index (Phi) is 6.67. The Morgan fingerprint density at radius 1 is 1.16 bits per heavy atom. The number of halogens is 2. The van der Waals surface area contributed by atoms with E-state index >= 15 is 4.39 Å². The maximum Gasteiger partial charge on any atom is 0.319 e. The van der Waals surface area contributed by atoms with Gasteiger partial charge in [0.05, 0.1) is 16.3 Å². The molecule has 2 aromatic heterocycles. The Balaban J connectivity index is 1.53. The summed E-state index contributed by atoms with van der Waals surface area (Å²) in [7, 11) is 2.09. The van der Waals surface area contributed by atoms with Gasteiger partial charge in [-0.1, -0.05) is 35.9 Å². The molecule has 0 aliphatic carbocycles. The maximum absolute atomic E-state index is 16.6. The number of anilines is 2. The highest BCUT2D eigenvalue weighted by Gasteiger charge is 2.28. The first-order valence-corrected chi connectivity index (χ1v) is 13.4. The third-order valence-electron chi connectivity index (χ3n) is 7.69. The number of pyridine rings is 1. The number of nitrogens with two attached hydrogens (primary N) is 1. The summed E-state index contributed by atoms with van der Waals surface area (Å²) in [5.74, 6) is 0.346. The van der Waals surface area contributed by atoms with Crippen LogP contribution in [0.4, 0.5) is 16.0 Å². The molecule has 2 atom stereocenters. The third-order valence-corrected chi connectivity index (χ3v) is 7.99. The average molecular weight is 536 g/mol. The smallest absolute Gasteiger partial charge is 0.319 e. The summed E-state index contributed by atoms with van der Waals surface area (Å²) in [4.78, 5) is 18.3. The Hall–Kier alpha value is -3.27. The van der Waals surface area contributed by atoms with Crippen molar-refractivity contribution in [1.82, 2.24) is 25.2 Å². The van der Waals surface area contributed by atoms with Crippen LogP contribution >= 0.6 is 11.6 Å². The van der Waals surface area contributed by atoms with Gasteiger partial charge in [0.2, 0.25) is 0 Å². The molecule has 0 bridgehead atoms. The number of hydrogen-bond donors (Lipinski definition) is 2. The van der Waals surface area contributed by atoms with Gasteiger partial charge in [0.25, 0.3) is 0 Å². The van der Waals surface area contributed by atoms with Gasteiger partial charge < -0.3 is 25.6 Å². The monoisotopic (exact) mass is 535 g/mol. The Bertz CT molecular complexity index is 1520. The summed E-state index contributed by atoms with van der Waals surface area (Å²) in [6.07, 6.45) is 2.18. The molecule has 0 amide bonds. The van der Waals surface area contributed by atoms with Crippen LogP contribution in [0.1, 0.15) is 19.8 Å². The predicted octanol–water partition coefficient (Wildman–Crippen LogP) is 4.49. The highest BCUT2D eigenvalue weighted by Crippen LogP contribution is 2.41. The number of hydrogen-bond acceptors (Lipinski definition) is 8. The third kappa shape index (κ3) is 4.48. The van der Waals surface area contributed by atoms with Crippen molar-refractivity contribution in [3.8, 4) is 17.3 Å². The van der Waals surface area contributed by atoms with E-state index in [9.17, 15) is 0 Å². The molecule has 2 unspecified atom stereocenters. The summed E-state index contributed by atoms with van der Waals surface area (Å²) in [6, 6.07) is 11.7. The fourth-order valence-corrected chi connectivity index (χ4v) is 5.87. The van der Waals surface area contributed by atoms with Gasteiger partial charge in [-0.15, -0.1) is 0 Å². The number of nitrogens with one attached hydrogen (secondary N) is 1. The van der Waals surface area contributed by atoms with E-state index in [1.54, 1.807) is 12.1 Å². The van der Waals surface area contributed by atoms with Crippen molar-refractivity contribution >= 4 is 44.9 Å². The van der Waals surface area contributed by atoms with Gasteiger partial charge in [0, 0.05) is 42.5 Å². The molecule has 2 saturated heterocycles. The lowest BCUT2D eigenvalue weighted by Gasteiger charge is -2.35. The molecule has 8 nitrogen and oxygen atoms in total. The van der Waals surface area contributed by atoms with Crippen molar-refractivity contribution in [3.63, 3.8) is 0 Å². The second-order valence-electron chi connectivity index (χ2n) is 10.2. The van der Waals surface area contributed by atoms with Crippen molar-refractivity contribution in [3.05, 3.63) is 47.2 Å². The first-order valence-electron chi connectivity index (χ1n) is 13.1. The molecule has 10 heteroatoms. The summed E-state index contributed by atoms with van der Waals surface area (Å²) in [6.45, 7) is 5.91. The first kappa shape index (κ1) is 25.0. The number of fused-ring (bicyclic) bond motifs is 2. The fourth-order valence-electron chi connectivity index (χ4n) is 5.59. The molecular formula is C28H31ClFN7O. The number of piperazine rings is 1. The van der Waals surface area contributed by atoms with E-state index in [0.717, 1.165) is 49.8 Å². The van der Waals surface area contributed by atoms with E-state index in [1.807, 2.05) is 24.3 Å². The van der Waals surface area contributed by atoms with Crippen LogP contribution in [0.25, 0.3) is 32.9 Å². The Labute approximate surface area is 226 Å². The number of likely N-dealkylation sites (tertiary alicyclic amines) is 1. The summed E-state index contributed by atoms with van der Waals surface area (Å²) in [5, 5.41) is 5.78. The molecule has 0 saturated carbocycles. The highest BCUT2D eigenvalue weighted by atomic mass is 35.5. The molecule has 4 aromatic rings. The van der Waals surface area contributed by atoms with E-state index in [-0.39, 0.29) is 40.0 Å². The van der Waals surface area contributed by atoms with Gasteiger partial charge in [-0.2, -0.15) is 9.97 Å². The molecule has 6 rings (SSSR count). The fraction of sp³-hybridized carbons (Fsp3) is 0.393. The molecule has 2 fully saturated rings. The standard InChI is InChI=1S/C28H31ClFN7O/c1-16-14-32-9-11-37(16)27-20-13-21(29)23(25-19-8-4-3-6-17(19)12-22(31)33-25)24(30)26(20)34-28(35-27)38-15-18-7-5-10-36(18)2/h3-4,6,8,12-13,16,18,32H,5,7,9-11,14-15H2,1-2H3,(H2,31,33). The van der Waals surface area contributed by atoms with Crippen LogP contribution in [0, 0.1) is 5.82 Å². The lowest BCUT2D eigenvalue weighted by molar-refractivity contribution is 0.188. The molecule has 4 heterocycles. The summed E-state index contributed by atoms with van der Waals surface area (Å²) in [5.41, 5.74) is 6.82. The first-order chi connectivity index (χ1) is 18.4. The normalized spacial score (nSPS) is 20.5. The second-order valence-corrected chi connectivity index (χ2v) is 10.6. The van der Waals surface area contributed by atoms with Gasteiger partial charge in [-0.05, 0) is 50.9 Å². The van der Waals surface area contributed by atoms with E-state index in [1.165, 1.54) is 0 Å². The topological polar surface area (TPSA) is 92.4 Å². The minimum absolute atomic E-state index is 0.150. The zero-order valence-corrected chi connectivity index (χ0v) is 22.3. The Morgan fingerprint density at radius 3 is 2.79 bits per heavy atom. The molecule has 2 aliphatic heterocycles. The van der Waals surface area contributed by atoms with E-state index in [0.29, 0.717) is 23.5 Å². The molecule has 0 radical (unpaired) electrons. The number of nitrogens with zero attached hydrogens (tertiary/aromatic N) is 5. The number of rotatable bonds is 5. The maximum atomic E-state index is 16.6. The van der Waals surface area contributed by atoms with Gasteiger partial charge in [-0.25, -0.2) is 9.37 Å². The van der Waals surface area contributed by atoms with Crippen molar-refractivity contribution in [2.45, 2.75) is 31.8 Å². The molecule has 0 spiro atoms. The van der Waals surface area contributed by atoms with Crippen LogP contribution in [0.3, 0.4) is 0 Å². The lowest BCUT2D eigenvalue weighted by Crippen LogP contribution is -2.50. The molecular weight excluding hydrogens is 505 g/mol. The summed E-state index contributed by atoms with van der Waals surface area (Å²) >= 11 is 6.80. The number of nitrogen functional groups attached to an aromatic ring is 1. The van der Waals surface area contributed by atoms with Crippen LogP contribution in [0.2, 0.25) is 5.02 Å².